The van der Waals surface area contributed by atoms with Crippen molar-refractivity contribution in [2.24, 2.45) is 0 Å². The smallest absolute Gasteiger partial charge is 0.311 e. The molecule has 0 radical (unpaired) electrons. The zero-order valence-electron chi connectivity index (χ0n) is 23.1. The van der Waals surface area contributed by atoms with Gasteiger partial charge in [0.15, 0.2) is 0 Å². The van der Waals surface area contributed by atoms with Crippen molar-refractivity contribution in [3.63, 3.8) is 0 Å². The Hall–Kier alpha value is -3.14. The van der Waals surface area contributed by atoms with Crippen LogP contribution in [0.5, 0.6) is 11.5 Å². The summed E-state index contributed by atoms with van der Waals surface area (Å²) in [7, 11) is 0. The molecule has 0 fully saturated rings. The summed E-state index contributed by atoms with van der Waals surface area (Å²) >= 11 is 0. The number of hydrogen-bond donors (Lipinski definition) is 0. The van der Waals surface area contributed by atoms with Crippen molar-refractivity contribution in [1.29, 1.82) is 0 Å². The summed E-state index contributed by atoms with van der Waals surface area (Å²) < 4.78 is 11.0. The molecule has 0 atom stereocenters. The van der Waals surface area contributed by atoms with Crippen molar-refractivity contribution in [1.82, 2.24) is 0 Å². The van der Waals surface area contributed by atoms with E-state index in [-0.39, 0.29) is 11.9 Å². The Morgan fingerprint density at radius 1 is 0.500 bits per heavy atom. The van der Waals surface area contributed by atoms with Crippen molar-refractivity contribution in [2.75, 3.05) is 0 Å². The van der Waals surface area contributed by atoms with Gasteiger partial charge in [-0.3, -0.25) is 9.59 Å². The Balaban J connectivity index is 1.64. The minimum Gasteiger partial charge on any atom is -0.427 e. The van der Waals surface area contributed by atoms with Gasteiger partial charge in [-0.2, -0.15) is 0 Å². The van der Waals surface area contributed by atoms with E-state index in [9.17, 15) is 9.59 Å². The molecule has 0 unspecified atom stereocenters. The van der Waals surface area contributed by atoms with E-state index < -0.39 is 0 Å². The van der Waals surface area contributed by atoms with E-state index in [1.807, 2.05) is 60.7 Å². The SMILES string of the molecule is C=CCCCCCCCCC(=O)Oc1ccc(-c2ccc(OC(=O)CCCCCCCCC=C)cc2)cc1. The van der Waals surface area contributed by atoms with Crippen LogP contribution in [0.2, 0.25) is 0 Å². The Kier molecular flexibility index (Phi) is 16.3. The van der Waals surface area contributed by atoms with Crippen LogP contribution in [-0.2, 0) is 9.59 Å². The molecular weight excluding hydrogens is 472 g/mol. The Labute approximate surface area is 230 Å². The van der Waals surface area contributed by atoms with Gasteiger partial charge < -0.3 is 9.47 Å². The molecule has 0 heterocycles. The minimum absolute atomic E-state index is 0.181. The maximum absolute atomic E-state index is 12.1. The van der Waals surface area contributed by atoms with Crippen LogP contribution >= 0.6 is 0 Å². The van der Waals surface area contributed by atoms with E-state index in [0.29, 0.717) is 24.3 Å². The molecule has 0 N–H and O–H groups in total. The van der Waals surface area contributed by atoms with Crippen molar-refractivity contribution in [3.8, 4) is 22.6 Å². The summed E-state index contributed by atoms with van der Waals surface area (Å²) in [6, 6.07) is 15.0. The number of carbonyl (C=O) groups is 2. The van der Waals surface area contributed by atoms with Gasteiger partial charge in [0, 0.05) is 12.8 Å². The van der Waals surface area contributed by atoms with Crippen LogP contribution in [0.1, 0.15) is 103 Å². The highest BCUT2D eigenvalue weighted by molar-refractivity contribution is 5.74. The van der Waals surface area contributed by atoms with Gasteiger partial charge in [-0.05, 0) is 73.9 Å². The number of unbranched alkanes of at least 4 members (excludes halogenated alkanes) is 12. The van der Waals surface area contributed by atoms with Crippen LogP contribution in [0.3, 0.4) is 0 Å². The Morgan fingerprint density at radius 3 is 1.16 bits per heavy atom. The third kappa shape index (κ3) is 14.0. The molecule has 0 aliphatic heterocycles. The molecule has 0 spiro atoms. The predicted molar refractivity (Wildman–Crippen MR) is 157 cm³/mol. The lowest BCUT2D eigenvalue weighted by atomic mass is 10.1. The lowest BCUT2D eigenvalue weighted by molar-refractivity contribution is -0.135. The summed E-state index contributed by atoms with van der Waals surface area (Å²) in [5.41, 5.74) is 2.01. The molecule has 2 aromatic rings. The van der Waals surface area contributed by atoms with Crippen LogP contribution in [0.25, 0.3) is 11.1 Å². The average Bonchev–Trinajstić information content (AvgIpc) is 2.92. The van der Waals surface area contributed by atoms with E-state index in [0.717, 1.165) is 62.5 Å². The Bertz CT molecular complexity index is 864. The first-order valence-corrected chi connectivity index (χ1v) is 14.5. The molecule has 0 bridgehead atoms. The van der Waals surface area contributed by atoms with E-state index in [1.54, 1.807) is 0 Å². The molecule has 4 nitrogen and oxygen atoms in total. The fourth-order valence-electron chi connectivity index (χ4n) is 4.33. The van der Waals surface area contributed by atoms with Crippen LogP contribution in [0.15, 0.2) is 73.8 Å². The molecule has 4 heteroatoms. The number of carbonyl (C=O) groups excluding carboxylic acids is 2. The summed E-state index contributed by atoms with van der Waals surface area (Å²) in [4.78, 5) is 24.3. The van der Waals surface area contributed by atoms with E-state index in [2.05, 4.69) is 13.2 Å². The minimum atomic E-state index is -0.181. The van der Waals surface area contributed by atoms with E-state index in [4.69, 9.17) is 9.47 Å². The van der Waals surface area contributed by atoms with Crippen LogP contribution < -0.4 is 9.47 Å². The largest absolute Gasteiger partial charge is 0.427 e. The van der Waals surface area contributed by atoms with Crippen LogP contribution in [0, 0.1) is 0 Å². The first-order valence-electron chi connectivity index (χ1n) is 14.5. The number of esters is 2. The van der Waals surface area contributed by atoms with Gasteiger partial charge in [0.2, 0.25) is 0 Å². The molecule has 0 saturated heterocycles. The highest BCUT2D eigenvalue weighted by atomic mass is 16.5. The van der Waals surface area contributed by atoms with Crippen molar-refractivity contribution in [2.45, 2.75) is 103 Å². The molecule has 0 aromatic heterocycles. The van der Waals surface area contributed by atoms with E-state index in [1.165, 1.54) is 38.5 Å². The molecule has 2 aromatic carbocycles. The van der Waals surface area contributed by atoms with Gasteiger partial charge >= 0.3 is 11.9 Å². The molecule has 206 valence electrons. The van der Waals surface area contributed by atoms with Gasteiger partial charge in [-0.25, -0.2) is 0 Å². The maximum atomic E-state index is 12.1. The molecule has 2 rings (SSSR count). The second-order valence-electron chi connectivity index (χ2n) is 9.89. The van der Waals surface area contributed by atoms with Gasteiger partial charge in [-0.1, -0.05) is 87.8 Å². The fourth-order valence-corrected chi connectivity index (χ4v) is 4.33. The number of allylic oxidation sites excluding steroid dienone is 2. The lowest BCUT2D eigenvalue weighted by Crippen LogP contribution is -2.07. The monoisotopic (exact) mass is 518 g/mol. The summed E-state index contributed by atoms with van der Waals surface area (Å²) in [5, 5.41) is 0. The fraction of sp³-hybridized carbons (Fsp3) is 0.471. The summed E-state index contributed by atoms with van der Waals surface area (Å²) in [6.07, 6.45) is 20.5. The number of rotatable bonds is 21. The third-order valence-corrected chi connectivity index (χ3v) is 6.58. The molecule has 38 heavy (non-hydrogen) atoms. The predicted octanol–water partition coefficient (Wildman–Crippen LogP) is 9.78. The first-order chi connectivity index (χ1) is 18.6. The second-order valence-corrected chi connectivity index (χ2v) is 9.89. The van der Waals surface area contributed by atoms with Gasteiger partial charge in [-0.15, -0.1) is 13.2 Å². The second kappa shape index (κ2) is 19.9. The molecule has 0 saturated carbocycles. The van der Waals surface area contributed by atoms with Gasteiger partial charge in [0.1, 0.15) is 11.5 Å². The van der Waals surface area contributed by atoms with Crippen molar-refractivity contribution < 1.29 is 19.1 Å². The van der Waals surface area contributed by atoms with Crippen LogP contribution in [-0.4, -0.2) is 11.9 Å². The normalized spacial score (nSPS) is 10.6. The maximum Gasteiger partial charge on any atom is 0.311 e. The van der Waals surface area contributed by atoms with Crippen molar-refractivity contribution >= 4 is 11.9 Å². The standard InChI is InChI=1S/C34H46O4/c1-3-5-7-9-11-13-15-17-19-33(35)37-31-25-21-29(22-26-31)30-23-27-32(28-24-30)38-34(36)20-18-16-14-12-10-8-6-4-2/h3-4,21-28H,1-2,5-20H2. The number of hydrogen-bond acceptors (Lipinski definition) is 4. The topological polar surface area (TPSA) is 52.6 Å². The third-order valence-electron chi connectivity index (χ3n) is 6.58. The average molecular weight is 519 g/mol. The Morgan fingerprint density at radius 2 is 0.816 bits per heavy atom. The molecule has 0 amide bonds. The zero-order valence-corrected chi connectivity index (χ0v) is 23.1. The number of ether oxygens (including phenoxy) is 2. The lowest BCUT2D eigenvalue weighted by Gasteiger charge is -2.08. The van der Waals surface area contributed by atoms with Crippen LogP contribution in [0.4, 0.5) is 0 Å². The molecule has 0 aliphatic rings. The molecule has 0 aliphatic carbocycles. The quantitative estimate of drug-likeness (QED) is 0.0714. The number of benzene rings is 2. The summed E-state index contributed by atoms with van der Waals surface area (Å²) in [6.45, 7) is 7.49. The zero-order chi connectivity index (χ0) is 27.3. The van der Waals surface area contributed by atoms with Crippen molar-refractivity contribution in [3.05, 3.63) is 73.8 Å². The summed E-state index contributed by atoms with van der Waals surface area (Å²) in [5.74, 6) is 0.758. The highest BCUT2D eigenvalue weighted by Gasteiger charge is 2.08. The highest BCUT2D eigenvalue weighted by Crippen LogP contribution is 2.25. The molecular formula is C34H46O4. The van der Waals surface area contributed by atoms with Gasteiger partial charge in [0.25, 0.3) is 0 Å². The van der Waals surface area contributed by atoms with E-state index >= 15 is 0 Å². The first kappa shape index (κ1) is 31.1. The van der Waals surface area contributed by atoms with Gasteiger partial charge in [0.05, 0.1) is 0 Å².